The molecule has 35 heavy (non-hydrogen) atoms. The first-order chi connectivity index (χ1) is 17.0. The first-order valence-corrected chi connectivity index (χ1v) is 12.6. The van der Waals surface area contributed by atoms with Crippen LogP contribution in [0.3, 0.4) is 0 Å². The summed E-state index contributed by atoms with van der Waals surface area (Å²) in [6, 6.07) is 17.3. The van der Waals surface area contributed by atoms with Crippen molar-refractivity contribution < 1.29 is 19.1 Å². The van der Waals surface area contributed by atoms with Gasteiger partial charge in [0, 0.05) is 18.0 Å². The summed E-state index contributed by atoms with van der Waals surface area (Å²) in [5, 5.41) is 14.1. The van der Waals surface area contributed by atoms with E-state index >= 15 is 0 Å². The van der Waals surface area contributed by atoms with Crippen LogP contribution in [0.4, 0.5) is 5.00 Å². The molecule has 0 atom stereocenters. The fourth-order valence-corrected chi connectivity index (χ4v) is 5.03. The van der Waals surface area contributed by atoms with Crippen LogP contribution in [0.2, 0.25) is 0 Å². The number of aromatic nitrogens is 3. The molecule has 2 heterocycles. The molecule has 4 rings (SSSR count). The normalized spacial score (nSPS) is 10.7. The number of anilines is 1. The Morgan fingerprint density at radius 1 is 1.11 bits per heavy atom. The summed E-state index contributed by atoms with van der Waals surface area (Å²) >= 11 is 2.54. The summed E-state index contributed by atoms with van der Waals surface area (Å²) in [6.07, 6.45) is 0. The van der Waals surface area contributed by atoms with Crippen molar-refractivity contribution in [3.8, 4) is 16.9 Å². The topological polar surface area (TPSA) is 95.3 Å². The number of ether oxygens (including phenoxy) is 2. The van der Waals surface area contributed by atoms with Crippen LogP contribution in [0.15, 0.2) is 65.1 Å². The third-order valence-electron chi connectivity index (χ3n) is 5.13. The summed E-state index contributed by atoms with van der Waals surface area (Å²) in [6.45, 7) is 2.27. The van der Waals surface area contributed by atoms with Gasteiger partial charge in [-0.3, -0.25) is 4.79 Å². The van der Waals surface area contributed by atoms with Crippen LogP contribution in [0.25, 0.3) is 11.1 Å². The van der Waals surface area contributed by atoms with Crippen LogP contribution in [0.1, 0.15) is 21.7 Å². The van der Waals surface area contributed by atoms with E-state index in [4.69, 9.17) is 9.47 Å². The Balaban J connectivity index is 1.39. The minimum absolute atomic E-state index is 0.101. The quantitative estimate of drug-likeness (QED) is 0.252. The third-order valence-corrected chi connectivity index (χ3v) is 7.05. The van der Waals surface area contributed by atoms with Crippen LogP contribution < -0.4 is 10.1 Å². The van der Waals surface area contributed by atoms with Gasteiger partial charge in [0.05, 0.1) is 12.9 Å². The third kappa shape index (κ3) is 5.90. The van der Waals surface area contributed by atoms with Crippen LogP contribution in [0, 0.1) is 6.92 Å². The fraction of sp³-hybridized carbons (Fsp3) is 0.200. The molecule has 0 aliphatic carbocycles. The lowest BCUT2D eigenvalue weighted by molar-refractivity contribution is -0.113. The predicted octanol–water partition coefficient (Wildman–Crippen LogP) is 4.95. The zero-order valence-corrected chi connectivity index (χ0v) is 21.1. The van der Waals surface area contributed by atoms with Gasteiger partial charge in [0.15, 0.2) is 11.0 Å². The molecule has 10 heteroatoms. The van der Waals surface area contributed by atoms with Gasteiger partial charge in [-0.25, -0.2) is 4.79 Å². The maximum atomic E-state index is 12.7. The molecule has 4 aromatic rings. The summed E-state index contributed by atoms with van der Waals surface area (Å²) in [7, 11) is 3.15. The number of rotatable bonds is 9. The first kappa shape index (κ1) is 24.5. The summed E-state index contributed by atoms with van der Waals surface area (Å²) in [5.41, 5.74) is 3.05. The minimum atomic E-state index is -0.500. The predicted molar refractivity (Wildman–Crippen MR) is 137 cm³/mol. The van der Waals surface area contributed by atoms with Crippen molar-refractivity contribution in [2.45, 2.75) is 18.7 Å². The number of carbonyl (C=O) groups excluding carboxylic acids is 2. The van der Waals surface area contributed by atoms with E-state index in [2.05, 4.69) is 15.5 Å². The Morgan fingerprint density at radius 3 is 2.66 bits per heavy atom. The second kappa shape index (κ2) is 11.2. The van der Waals surface area contributed by atoms with Gasteiger partial charge in [-0.2, -0.15) is 0 Å². The van der Waals surface area contributed by atoms with Crippen molar-refractivity contribution in [3.63, 3.8) is 0 Å². The van der Waals surface area contributed by atoms with Gasteiger partial charge in [0.25, 0.3) is 0 Å². The number of aryl methyl sites for hydroxylation is 1. The Kier molecular flexibility index (Phi) is 7.84. The Morgan fingerprint density at radius 2 is 1.91 bits per heavy atom. The van der Waals surface area contributed by atoms with E-state index < -0.39 is 5.97 Å². The summed E-state index contributed by atoms with van der Waals surface area (Å²) in [4.78, 5) is 25.2. The maximum absolute atomic E-state index is 12.7. The molecule has 2 aromatic carbocycles. The number of amides is 1. The van der Waals surface area contributed by atoms with E-state index in [0.717, 1.165) is 22.4 Å². The lowest BCUT2D eigenvalue weighted by atomic mass is 10.0. The Hall–Kier alpha value is -3.63. The van der Waals surface area contributed by atoms with Gasteiger partial charge >= 0.3 is 5.97 Å². The van der Waals surface area contributed by atoms with Crippen LogP contribution in [-0.4, -0.2) is 39.5 Å². The number of esters is 1. The van der Waals surface area contributed by atoms with E-state index in [1.54, 1.807) is 4.57 Å². The SMILES string of the molecule is COC(=O)c1c(-c2ccccc2)csc1NC(=O)CSc1nnc(COc2cccc(C)c2)n1C. The molecule has 1 N–H and O–H groups in total. The lowest BCUT2D eigenvalue weighted by Crippen LogP contribution is -2.16. The van der Waals surface area contributed by atoms with E-state index in [1.807, 2.05) is 73.9 Å². The first-order valence-electron chi connectivity index (χ1n) is 10.7. The highest BCUT2D eigenvalue weighted by Gasteiger charge is 2.22. The lowest BCUT2D eigenvalue weighted by Gasteiger charge is -2.08. The highest BCUT2D eigenvalue weighted by Crippen LogP contribution is 2.36. The van der Waals surface area contributed by atoms with Crippen molar-refractivity contribution in [2.24, 2.45) is 7.05 Å². The number of nitrogens with one attached hydrogen (secondary N) is 1. The zero-order valence-electron chi connectivity index (χ0n) is 19.5. The highest BCUT2D eigenvalue weighted by atomic mass is 32.2. The van der Waals surface area contributed by atoms with Crippen molar-refractivity contribution in [1.82, 2.24) is 14.8 Å². The molecule has 0 saturated carbocycles. The number of benzene rings is 2. The van der Waals surface area contributed by atoms with Crippen molar-refractivity contribution in [3.05, 3.63) is 76.9 Å². The molecule has 0 radical (unpaired) electrons. The monoisotopic (exact) mass is 508 g/mol. The van der Waals surface area contributed by atoms with E-state index in [-0.39, 0.29) is 18.3 Å². The van der Waals surface area contributed by atoms with Crippen molar-refractivity contribution >= 4 is 40.0 Å². The number of carbonyl (C=O) groups is 2. The highest BCUT2D eigenvalue weighted by molar-refractivity contribution is 7.99. The fourth-order valence-electron chi connectivity index (χ4n) is 3.33. The standard InChI is InChI=1S/C25H24N4O4S2/c1-16-8-7-11-18(12-16)33-13-20-27-28-25(29(20)2)35-15-21(30)26-23-22(24(31)32-3)19(14-34-23)17-9-5-4-6-10-17/h4-12,14H,13,15H2,1-3H3,(H,26,30). The van der Waals surface area contributed by atoms with Gasteiger partial charge in [0.1, 0.15) is 22.9 Å². The molecule has 0 aliphatic heterocycles. The van der Waals surface area contributed by atoms with Crippen molar-refractivity contribution in [2.75, 3.05) is 18.2 Å². The molecule has 0 fully saturated rings. The molecule has 180 valence electrons. The molecular formula is C25H24N4O4S2. The van der Waals surface area contributed by atoms with E-state index in [9.17, 15) is 9.59 Å². The number of methoxy groups -OCH3 is 1. The zero-order chi connectivity index (χ0) is 24.8. The number of hydrogen-bond acceptors (Lipinski definition) is 8. The van der Waals surface area contributed by atoms with Crippen LogP contribution in [-0.2, 0) is 23.2 Å². The van der Waals surface area contributed by atoms with Crippen LogP contribution in [0.5, 0.6) is 5.75 Å². The van der Waals surface area contributed by atoms with Crippen LogP contribution >= 0.6 is 23.1 Å². The summed E-state index contributed by atoms with van der Waals surface area (Å²) in [5.74, 6) is 0.743. The van der Waals surface area contributed by atoms with E-state index in [1.165, 1.54) is 30.2 Å². The molecule has 0 saturated heterocycles. The molecule has 0 bridgehead atoms. The Bertz CT molecular complexity index is 1330. The second-order valence-corrected chi connectivity index (χ2v) is 9.43. The number of thiophene rings is 1. The van der Waals surface area contributed by atoms with Gasteiger partial charge in [-0.1, -0.05) is 54.2 Å². The number of nitrogens with zero attached hydrogens (tertiary/aromatic N) is 3. The molecule has 1 amide bonds. The molecule has 8 nitrogen and oxygen atoms in total. The molecular weight excluding hydrogens is 484 g/mol. The van der Waals surface area contributed by atoms with Crippen molar-refractivity contribution in [1.29, 1.82) is 0 Å². The molecule has 0 unspecified atom stereocenters. The largest absolute Gasteiger partial charge is 0.486 e. The van der Waals surface area contributed by atoms with Gasteiger partial charge in [-0.15, -0.1) is 21.5 Å². The van der Waals surface area contributed by atoms with Gasteiger partial charge < -0.3 is 19.4 Å². The maximum Gasteiger partial charge on any atom is 0.341 e. The smallest absolute Gasteiger partial charge is 0.341 e. The average molecular weight is 509 g/mol. The summed E-state index contributed by atoms with van der Waals surface area (Å²) < 4.78 is 12.6. The van der Waals surface area contributed by atoms with E-state index in [0.29, 0.717) is 21.5 Å². The number of hydrogen-bond donors (Lipinski definition) is 1. The van der Waals surface area contributed by atoms with Gasteiger partial charge in [0.2, 0.25) is 5.91 Å². The molecule has 0 spiro atoms. The molecule has 0 aliphatic rings. The number of thioether (sulfide) groups is 1. The molecule has 2 aromatic heterocycles. The van der Waals surface area contributed by atoms with Gasteiger partial charge in [-0.05, 0) is 30.2 Å². The Labute approximate surface area is 211 Å². The second-order valence-electron chi connectivity index (χ2n) is 7.61. The average Bonchev–Trinajstić information content (AvgIpc) is 3.44. The minimum Gasteiger partial charge on any atom is -0.486 e.